The van der Waals surface area contributed by atoms with E-state index in [-0.39, 0.29) is 11.9 Å². The molecular weight excluding hydrogens is 312 g/mol. The fourth-order valence-corrected chi connectivity index (χ4v) is 3.34. The first-order valence-corrected chi connectivity index (χ1v) is 8.34. The molecule has 1 fully saturated rings. The van der Waals surface area contributed by atoms with Crippen LogP contribution in [0.2, 0.25) is 0 Å². The van der Waals surface area contributed by atoms with Gasteiger partial charge < -0.3 is 5.32 Å². The fourth-order valence-electron chi connectivity index (χ4n) is 2.70. The molecule has 3 amide bonds. The molecule has 2 aromatic heterocycles. The number of rotatable bonds is 5. The summed E-state index contributed by atoms with van der Waals surface area (Å²) in [4.78, 5) is 34.6. The van der Waals surface area contributed by atoms with Crippen molar-refractivity contribution in [3.8, 4) is 0 Å². The van der Waals surface area contributed by atoms with Crippen LogP contribution < -0.4 is 5.32 Å². The molecule has 1 aliphatic heterocycles. The van der Waals surface area contributed by atoms with Crippen molar-refractivity contribution in [2.24, 2.45) is 0 Å². The second-order valence-electron chi connectivity index (χ2n) is 5.72. The van der Waals surface area contributed by atoms with Crippen LogP contribution in [0.15, 0.2) is 29.9 Å². The number of thiazole rings is 1. The molecule has 2 aromatic rings. The Labute approximate surface area is 138 Å². The average molecular weight is 330 g/mol. The van der Waals surface area contributed by atoms with Gasteiger partial charge in [0.15, 0.2) is 0 Å². The number of urea groups is 1. The van der Waals surface area contributed by atoms with Gasteiger partial charge in [-0.05, 0) is 32.8 Å². The van der Waals surface area contributed by atoms with Gasteiger partial charge in [0, 0.05) is 29.9 Å². The Morgan fingerprint density at radius 3 is 2.87 bits per heavy atom. The number of carbonyl (C=O) groups excluding carboxylic acids is 2. The molecule has 3 rings (SSSR count). The minimum Gasteiger partial charge on any atom is -0.319 e. The number of aryl methyl sites for hydroxylation is 2. The summed E-state index contributed by atoms with van der Waals surface area (Å²) in [5.41, 5.74) is 0.660. The molecule has 1 N–H and O–H groups in total. The molecule has 0 spiro atoms. The summed E-state index contributed by atoms with van der Waals surface area (Å²) in [6.07, 6.45) is 4.71. The second kappa shape index (κ2) is 6.08. The Morgan fingerprint density at radius 1 is 1.39 bits per heavy atom. The average Bonchev–Trinajstić information content (AvgIpc) is 3.05. The highest BCUT2D eigenvalue weighted by atomic mass is 32.1. The lowest BCUT2D eigenvalue weighted by Crippen LogP contribution is -2.41. The van der Waals surface area contributed by atoms with Crippen molar-refractivity contribution in [2.45, 2.75) is 32.2 Å². The maximum absolute atomic E-state index is 12.7. The van der Waals surface area contributed by atoms with Crippen LogP contribution in [0.25, 0.3) is 0 Å². The summed E-state index contributed by atoms with van der Waals surface area (Å²) in [7, 11) is 0. The number of imide groups is 1. The first-order chi connectivity index (χ1) is 11.0. The molecule has 3 heterocycles. The van der Waals surface area contributed by atoms with E-state index < -0.39 is 5.54 Å². The number of amides is 3. The fraction of sp³-hybridized carbons (Fsp3) is 0.375. The lowest BCUT2D eigenvalue weighted by Gasteiger charge is -2.21. The van der Waals surface area contributed by atoms with Gasteiger partial charge in [0.2, 0.25) is 0 Å². The maximum Gasteiger partial charge on any atom is 0.325 e. The maximum atomic E-state index is 12.7. The molecule has 23 heavy (non-hydrogen) atoms. The topological polar surface area (TPSA) is 75.2 Å². The minimum absolute atomic E-state index is 0.232. The van der Waals surface area contributed by atoms with Crippen molar-refractivity contribution in [2.75, 3.05) is 6.54 Å². The number of hydrogen-bond donors (Lipinski definition) is 1. The summed E-state index contributed by atoms with van der Waals surface area (Å²) in [5.74, 6) is -0.232. The normalized spacial score (nSPS) is 20.9. The Morgan fingerprint density at radius 2 is 2.22 bits per heavy atom. The van der Waals surface area contributed by atoms with Crippen LogP contribution in [0.5, 0.6) is 0 Å². The highest BCUT2D eigenvalue weighted by molar-refractivity contribution is 7.09. The predicted octanol–water partition coefficient (Wildman–Crippen LogP) is 2.25. The lowest BCUT2D eigenvalue weighted by molar-refractivity contribution is -0.131. The molecule has 0 aromatic carbocycles. The molecule has 1 atom stereocenters. The first-order valence-electron chi connectivity index (χ1n) is 7.46. The number of aromatic nitrogens is 2. The van der Waals surface area contributed by atoms with Crippen LogP contribution >= 0.6 is 11.3 Å². The minimum atomic E-state index is -1.04. The van der Waals surface area contributed by atoms with E-state index in [9.17, 15) is 9.59 Å². The van der Waals surface area contributed by atoms with Gasteiger partial charge >= 0.3 is 6.03 Å². The quantitative estimate of drug-likeness (QED) is 0.853. The molecule has 0 saturated carbocycles. The van der Waals surface area contributed by atoms with Gasteiger partial charge in [0.1, 0.15) is 5.54 Å². The molecule has 1 saturated heterocycles. The highest BCUT2D eigenvalue weighted by Crippen LogP contribution is 2.28. The lowest BCUT2D eigenvalue weighted by atomic mass is 9.93. The molecular formula is C16H18N4O2S. The molecule has 6 nitrogen and oxygen atoms in total. The van der Waals surface area contributed by atoms with E-state index in [2.05, 4.69) is 15.3 Å². The van der Waals surface area contributed by atoms with Crippen LogP contribution in [0.1, 0.15) is 29.6 Å². The van der Waals surface area contributed by atoms with Crippen molar-refractivity contribution in [3.05, 3.63) is 46.2 Å². The zero-order valence-electron chi connectivity index (χ0n) is 13.1. The van der Waals surface area contributed by atoms with Crippen LogP contribution in [0.3, 0.4) is 0 Å². The summed E-state index contributed by atoms with van der Waals surface area (Å²) in [6, 6.07) is 3.20. The van der Waals surface area contributed by atoms with E-state index in [0.29, 0.717) is 18.5 Å². The smallest absolute Gasteiger partial charge is 0.319 e. The van der Waals surface area contributed by atoms with Gasteiger partial charge in [-0.1, -0.05) is 6.07 Å². The van der Waals surface area contributed by atoms with Crippen LogP contribution in [0.4, 0.5) is 4.79 Å². The first kappa shape index (κ1) is 15.6. The molecule has 7 heteroatoms. The third-order valence-corrected chi connectivity index (χ3v) is 4.82. The Hall–Kier alpha value is -2.28. The number of nitrogens with one attached hydrogen (secondary N) is 1. The zero-order chi connectivity index (χ0) is 16.4. The van der Waals surface area contributed by atoms with Gasteiger partial charge in [-0.15, -0.1) is 11.3 Å². The number of hydrogen-bond acceptors (Lipinski definition) is 5. The number of nitrogens with zero attached hydrogens (tertiary/aromatic N) is 3. The van der Waals surface area contributed by atoms with E-state index in [1.165, 1.54) is 4.90 Å². The monoisotopic (exact) mass is 330 g/mol. The van der Waals surface area contributed by atoms with Crippen LogP contribution in [0, 0.1) is 6.92 Å². The van der Waals surface area contributed by atoms with Gasteiger partial charge in [0.25, 0.3) is 5.91 Å². The summed E-state index contributed by atoms with van der Waals surface area (Å²) >= 11 is 1.61. The number of carbonyl (C=O) groups is 2. The molecule has 1 aliphatic rings. The van der Waals surface area contributed by atoms with Crippen molar-refractivity contribution in [3.63, 3.8) is 0 Å². The van der Waals surface area contributed by atoms with Crippen LogP contribution in [-0.2, 0) is 16.8 Å². The largest absolute Gasteiger partial charge is 0.325 e. The second-order valence-corrected chi connectivity index (χ2v) is 6.78. The Bertz CT molecular complexity index is 731. The van der Waals surface area contributed by atoms with Gasteiger partial charge in [-0.2, -0.15) is 0 Å². The zero-order valence-corrected chi connectivity index (χ0v) is 13.9. The molecule has 0 aliphatic carbocycles. The number of pyridine rings is 1. The van der Waals surface area contributed by atoms with E-state index in [1.54, 1.807) is 42.8 Å². The summed E-state index contributed by atoms with van der Waals surface area (Å²) in [6.45, 7) is 4.07. The van der Waals surface area contributed by atoms with E-state index >= 15 is 0 Å². The van der Waals surface area contributed by atoms with Crippen molar-refractivity contribution >= 4 is 23.3 Å². The summed E-state index contributed by atoms with van der Waals surface area (Å²) < 4.78 is 0. The Balaban J connectivity index is 1.67. The van der Waals surface area contributed by atoms with E-state index in [0.717, 1.165) is 17.1 Å². The third-order valence-electron chi connectivity index (χ3n) is 4.00. The van der Waals surface area contributed by atoms with Gasteiger partial charge in [-0.3, -0.25) is 14.7 Å². The standard InChI is InChI=1S/C16H18N4O2S/c1-11-18-13(10-23-11)6-4-8-20-14(21)16(2,19-15(20)22)12-5-3-7-17-9-12/h3,5,7,9-10H,4,6,8H2,1-2H3,(H,19,22)/t16-/m1/s1. The van der Waals surface area contributed by atoms with Crippen molar-refractivity contribution in [1.29, 1.82) is 0 Å². The summed E-state index contributed by atoms with van der Waals surface area (Å²) in [5, 5.41) is 5.82. The van der Waals surface area contributed by atoms with Crippen molar-refractivity contribution < 1.29 is 9.59 Å². The molecule has 0 bridgehead atoms. The predicted molar refractivity (Wildman–Crippen MR) is 87.0 cm³/mol. The SMILES string of the molecule is Cc1nc(CCCN2C(=O)N[C@](C)(c3cccnc3)C2=O)cs1. The van der Waals surface area contributed by atoms with Crippen molar-refractivity contribution in [1.82, 2.24) is 20.2 Å². The van der Waals surface area contributed by atoms with E-state index in [4.69, 9.17) is 0 Å². The molecule has 0 radical (unpaired) electrons. The Kier molecular flexibility index (Phi) is 4.12. The third kappa shape index (κ3) is 2.96. The molecule has 0 unspecified atom stereocenters. The van der Waals surface area contributed by atoms with Gasteiger partial charge in [0.05, 0.1) is 10.7 Å². The van der Waals surface area contributed by atoms with E-state index in [1.807, 2.05) is 12.3 Å². The molecule has 120 valence electrons. The highest BCUT2D eigenvalue weighted by Gasteiger charge is 2.48. The van der Waals surface area contributed by atoms with Gasteiger partial charge in [-0.25, -0.2) is 9.78 Å². The van der Waals surface area contributed by atoms with Crippen LogP contribution in [-0.4, -0.2) is 33.4 Å².